The van der Waals surface area contributed by atoms with Crippen LogP contribution >= 0.6 is 0 Å². The highest BCUT2D eigenvalue weighted by atomic mass is 15.3. The molecule has 2 fully saturated rings. The Morgan fingerprint density at radius 2 is 1.87 bits per heavy atom. The lowest BCUT2D eigenvalue weighted by molar-refractivity contribution is 0.276. The largest absolute Gasteiger partial charge is 0.371 e. The number of rotatable bonds is 6. The van der Waals surface area contributed by atoms with E-state index in [1.807, 2.05) is 13.2 Å². The number of fused-ring (bicyclic) bond motifs is 2. The number of likely N-dealkylation sites (tertiary alicyclic amines) is 1. The molecule has 0 radical (unpaired) electrons. The molecule has 162 valence electrons. The average Bonchev–Trinajstić information content (AvgIpc) is 3.03. The molecule has 31 heavy (non-hydrogen) atoms. The molecule has 2 bridgehead atoms. The monoisotopic (exact) mass is 415 g/mol. The van der Waals surface area contributed by atoms with Gasteiger partial charge < -0.3 is 15.1 Å². The molecule has 2 unspecified atom stereocenters. The van der Waals surface area contributed by atoms with Gasteiger partial charge in [0.05, 0.1) is 5.70 Å². The van der Waals surface area contributed by atoms with Crippen molar-refractivity contribution >= 4 is 18.0 Å². The highest BCUT2D eigenvalue weighted by Gasteiger charge is 2.40. The van der Waals surface area contributed by atoms with Crippen LogP contribution in [0.5, 0.6) is 0 Å². The molecule has 0 aliphatic carbocycles. The van der Waals surface area contributed by atoms with Crippen LogP contribution in [0.3, 0.4) is 0 Å². The molecule has 1 N–H and O–H groups in total. The van der Waals surface area contributed by atoms with Crippen LogP contribution in [0.1, 0.15) is 36.6 Å². The van der Waals surface area contributed by atoms with Gasteiger partial charge in [0.2, 0.25) is 0 Å². The highest BCUT2D eigenvalue weighted by molar-refractivity contribution is 5.69. The van der Waals surface area contributed by atoms with Crippen LogP contribution in [0, 0.1) is 13.8 Å². The summed E-state index contributed by atoms with van der Waals surface area (Å²) in [6.45, 7) is 12.2. The molecular weight excluding hydrogens is 382 g/mol. The molecule has 4 rings (SSSR count). The van der Waals surface area contributed by atoms with Crippen molar-refractivity contribution in [3.8, 4) is 0 Å². The second kappa shape index (κ2) is 8.96. The summed E-state index contributed by atoms with van der Waals surface area (Å²) in [5.74, 6) is 0.834. The van der Waals surface area contributed by atoms with E-state index < -0.39 is 0 Å². The molecule has 0 amide bonds. The van der Waals surface area contributed by atoms with Crippen molar-refractivity contribution in [3.05, 3.63) is 77.0 Å². The summed E-state index contributed by atoms with van der Waals surface area (Å²) in [7, 11) is 1.92. The molecule has 5 nitrogen and oxygen atoms in total. The molecule has 5 heteroatoms. The Morgan fingerprint density at radius 1 is 1.16 bits per heavy atom. The maximum absolute atomic E-state index is 4.38. The quantitative estimate of drug-likeness (QED) is 0.556. The van der Waals surface area contributed by atoms with Crippen molar-refractivity contribution in [2.45, 2.75) is 45.7 Å². The van der Waals surface area contributed by atoms with Crippen molar-refractivity contribution in [2.75, 3.05) is 25.0 Å². The minimum Gasteiger partial charge on any atom is -0.371 e. The van der Waals surface area contributed by atoms with Gasteiger partial charge in [0.1, 0.15) is 5.82 Å². The van der Waals surface area contributed by atoms with E-state index >= 15 is 0 Å². The number of hydrogen-bond acceptors (Lipinski definition) is 5. The van der Waals surface area contributed by atoms with Gasteiger partial charge in [-0.2, -0.15) is 0 Å². The third-order valence-corrected chi connectivity index (χ3v) is 6.56. The molecular formula is C26H33N5. The van der Waals surface area contributed by atoms with E-state index in [1.165, 1.54) is 35.2 Å². The van der Waals surface area contributed by atoms with Gasteiger partial charge in [-0.15, -0.1) is 0 Å². The van der Waals surface area contributed by atoms with Crippen LogP contribution in [-0.4, -0.2) is 48.8 Å². The fraction of sp³-hybridized carbons (Fsp3) is 0.385. The summed E-state index contributed by atoms with van der Waals surface area (Å²) in [5, 5.41) is 3.26. The summed E-state index contributed by atoms with van der Waals surface area (Å²) < 4.78 is 0. The van der Waals surface area contributed by atoms with Crippen LogP contribution in [0.15, 0.2) is 65.2 Å². The molecule has 1 aromatic heterocycles. The smallest absolute Gasteiger partial charge is 0.148 e. The van der Waals surface area contributed by atoms with E-state index in [-0.39, 0.29) is 0 Å². The number of hydrogen-bond donors (Lipinski definition) is 1. The molecule has 0 saturated carbocycles. The Balaban J connectivity index is 1.66. The molecule has 0 spiro atoms. The van der Waals surface area contributed by atoms with Gasteiger partial charge >= 0.3 is 0 Å². The molecule has 2 saturated heterocycles. The standard InChI is InChI=1S/C26H33N5/c1-18-8-6-7-9-24(18)19(2)14-25(26(27-4)28-5)30-16-22-10-11-23(17-30)31(22)21-12-13-29-20(3)15-21/h6-9,12-15,22-23,28H,4,10-11,16-17H2,1-3,5H3/b19-14+,26-25-. The molecule has 2 aromatic rings. The van der Waals surface area contributed by atoms with E-state index in [0.717, 1.165) is 30.3 Å². The van der Waals surface area contributed by atoms with Gasteiger partial charge in [-0.05, 0) is 75.2 Å². The number of pyridine rings is 1. The number of aryl methyl sites for hydroxylation is 2. The van der Waals surface area contributed by atoms with Gasteiger partial charge in [0, 0.05) is 49.8 Å². The number of allylic oxidation sites excluding steroid dienone is 2. The van der Waals surface area contributed by atoms with E-state index in [2.05, 4.69) is 95.1 Å². The van der Waals surface area contributed by atoms with Gasteiger partial charge in [-0.3, -0.25) is 4.98 Å². The van der Waals surface area contributed by atoms with Gasteiger partial charge in [-0.25, -0.2) is 4.99 Å². The van der Waals surface area contributed by atoms with Gasteiger partial charge in [0.25, 0.3) is 0 Å². The number of aromatic nitrogens is 1. The maximum atomic E-state index is 4.38. The summed E-state index contributed by atoms with van der Waals surface area (Å²) >= 11 is 0. The van der Waals surface area contributed by atoms with E-state index in [1.54, 1.807) is 0 Å². The Hall–Kier alpha value is -3.08. The molecule has 2 atom stereocenters. The van der Waals surface area contributed by atoms with Crippen molar-refractivity contribution < 1.29 is 0 Å². The molecule has 1 aromatic carbocycles. The zero-order valence-corrected chi connectivity index (χ0v) is 19.1. The number of aliphatic imine (C=N–C) groups is 1. The summed E-state index contributed by atoms with van der Waals surface area (Å²) in [5.41, 5.74) is 7.29. The Morgan fingerprint density at radius 3 is 2.48 bits per heavy atom. The van der Waals surface area contributed by atoms with Crippen molar-refractivity contribution in [1.29, 1.82) is 0 Å². The predicted octanol–water partition coefficient (Wildman–Crippen LogP) is 4.54. The van der Waals surface area contributed by atoms with E-state index in [9.17, 15) is 0 Å². The lowest BCUT2D eigenvalue weighted by Gasteiger charge is -2.44. The van der Waals surface area contributed by atoms with E-state index in [0.29, 0.717) is 12.1 Å². The number of piperazine rings is 1. The first-order valence-electron chi connectivity index (χ1n) is 11.1. The zero-order valence-electron chi connectivity index (χ0n) is 19.1. The SMILES string of the molecule is C=N/C(NC)=C(\C=C(/C)c1ccccc1C)N1CC2CCC(C1)N2c1ccnc(C)c1. The fourth-order valence-corrected chi connectivity index (χ4v) is 5.11. The number of nitrogens with zero attached hydrogens (tertiary/aromatic N) is 4. The van der Waals surface area contributed by atoms with Crippen LogP contribution < -0.4 is 10.2 Å². The third kappa shape index (κ3) is 4.22. The normalized spacial score (nSPS) is 21.7. The summed E-state index contributed by atoms with van der Waals surface area (Å²) in [6.07, 6.45) is 6.63. The second-order valence-electron chi connectivity index (χ2n) is 8.64. The lowest BCUT2D eigenvalue weighted by atomic mass is 10.0. The third-order valence-electron chi connectivity index (χ3n) is 6.56. The summed E-state index contributed by atoms with van der Waals surface area (Å²) in [6, 6.07) is 13.9. The fourth-order valence-electron chi connectivity index (χ4n) is 5.11. The van der Waals surface area contributed by atoms with E-state index in [4.69, 9.17) is 0 Å². The predicted molar refractivity (Wildman–Crippen MR) is 130 cm³/mol. The maximum Gasteiger partial charge on any atom is 0.148 e. The Kier molecular flexibility index (Phi) is 6.12. The zero-order chi connectivity index (χ0) is 22.0. The molecule has 2 aliphatic rings. The Labute approximate surface area is 186 Å². The minimum absolute atomic E-state index is 0.491. The first-order valence-corrected chi connectivity index (χ1v) is 11.1. The summed E-state index contributed by atoms with van der Waals surface area (Å²) in [4.78, 5) is 13.8. The van der Waals surface area contributed by atoms with Crippen LogP contribution in [0.25, 0.3) is 5.57 Å². The first-order chi connectivity index (χ1) is 15.0. The second-order valence-corrected chi connectivity index (χ2v) is 8.64. The van der Waals surface area contributed by atoms with Crippen molar-refractivity contribution in [1.82, 2.24) is 15.2 Å². The average molecular weight is 416 g/mol. The number of benzene rings is 1. The number of nitrogens with one attached hydrogen (secondary N) is 1. The van der Waals surface area contributed by atoms with Crippen LogP contribution in [0.2, 0.25) is 0 Å². The van der Waals surface area contributed by atoms with Gasteiger partial charge in [0.15, 0.2) is 0 Å². The topological polar surface area (TPSA) is 43.8 Å². The number of anilines is 1. The van der Waals surface area contributed by atoms with Gasteiger partial charge in [-0.1, -0.05) is 24.3 Å². The lowest BCUT2D eigenvalue weighted by Crippen LogP contribution is -2.53. The highest BCUT2D eigenvalue weighted by Crippen LogP contribution is 2.37. The van der Waals surface area contributed by atoms with Crippen LogP contribution in [-0.2, 0) is 0 Å². The molecule has 2 aliphatic heterocycles. The van der Waals surface area contributed by atoms with Crippen LogP contribution in [0.4, 0.5) is 5.69 Å². The minimum atomic E-state index is 0.491. The first kappa shape index (κ1) is 21.2. The molecule has 3 heterocycles. The van der Waals surface area contributed by atoms with Crippen molar-refractivity contribution in [2.24, 2.45) is 4.99 Å². The Bertz CT molecular complexity index is 1010. The van der Waals surface area contributed by atoms with Crippen molar-refractivity contribution in [3.63, 3.8) is 0 Å².